The predicted molar refractivity (Wildman–Crippen MR) is 128 cm³/mol. The molecule has 2 heteroatoms. The minimum atomic E-state index is -0.470. The molecule has 156 valence electrons. The molecule has 1 heterocycles. The zero-order valence-electron chi connectivity index (χ0n) is 18.2. The summed E-state index contributed by atoms with van der Waals surface area (Å²) in [5.41, 5.74) is 4.54. The van der Waals surface area contributed by atoms with Gasteiger partial charge in [0.05, 0.1) is 18.3 Å². The van der Waals surface area contributed by atoms with Gasteiger partial charge in [0, 0.05) is 6.54 Å². The van der Waals surface area contributed by atoms with Crippen LogP contribution in [0.5, 0.6) is 0 Å². The Morgan fingerprint density at radius 3 is 1.58 bits per heavy atom. The number of allylic oxidation sites excluding steroid dienone is 1. The molecule has 0 saturated carbocycles. The van der Waals surface area contributed by atoms with Crippen molar-refractivity contribution in [3.63, 3.8) is 0 Å². The largest absolute Gasteiger partial charge is 0.468 e. The average Bonchev–Trinajstić information content (AvgIpc) is 3.33. The molecule has 0 fully saturated rings. The van der Waals surface area contributed by atoms with Crippen molar-refractivity contribution in [2.75, 3.05) is 6.54 Å². The molecule has 0 aliphatic carbocycles. The van der Waals surface area contributed by atoms with E-state index in [-0.39, 0.29) is 0 Å². The first-order chi connectivity index (χ1) is 15.2. The lowest BCUT2D eigenvalue weighted by Gasteiger charge is -2.45. The third kappa shape index (κ3) is 4.40. The first-order valence-corrected chi connectivity index (χ1v) is 10.8. The quantitative estimate of drug-likeness (QED) is 0.230. The summed E-state index contributed by atoms with van der Waals surface area (Å²) in [4.78, 5) is 2.51. The zero-order chi connectivity index (χ0) is 21.5. The Balaban J connectivity index is 2.02. The van der Waals surface area contributed by atoms with E-state index in [1.807, 2.05) is 6.07 Å². The van der Waals surface area contributed by atoms with E-state index in [0.29, 0.717) is 6.54 Å². The van der Waals surface area contributed by atoms with Gasteiger partial charge in [-0.15, -0.1) is 0 Å². The minimum Gasteiger partial charge on any atom is -0.468 e. The highest BCUT2D eigenvalue weighted by Crippen LogP contribution is 2.43. The second kappa shape index (κ2) is 9.63. The SMILES string of the molecule is CC(C)=CCN(Cc1ccco1)C(c1ccccc1)(c1ccccc1)c1ccccc1. The fourth-order valence-corrected chi connectivity index (χ4v) is 4.29. The van der Waals surface area contributed by atoms with Crippen molar-refractivity contribution in [3.8, 4) is 0 Å². The van der Waals surface area contributed by atoms with E-state index in [4.69, 9.17) is 4.42 Å². The van der Waals surface area contributed by atoms with Gasteiger partial charge in [0.15, 0.2) is 0 Å². The van der Waals surface area contributed by atoms with E-state index in [2.05, 4.69) is 122 Å². The van der Waals surface area contributed by atoms with Gasteiger partial charge in [-0.2, -0.15) is 0 Å². The zero-order valence-corrected chi connectivity index (χ0v) is 18.2. The molecule has 0 N–H and O–H groups in total. The van der Waals surface area contributed by atoms with E-state index in [0.717, 1.165) is 12.3 Å². The number of nitrogens with zero attached hydrogens (tertiary/aromatic N) is 1. The molecule has 2 nitrogen and oxygen atoms in total. The molecule has 0 spiro atoms. The second-order valence-electron chi connectivity index (χ2n) is 8.05. The van der Waals surface area contributed by atoms with Crippen molar-refractivity contribution >= 4 is 0 Å². The van der Waals surface area contributed by atoms with Crippen molar-refractivity contribution in [1.82, 2.24) is 4.90 Å². The Hall–Kier alpha value is -3.36. The summed E-state index contributed by atoms with van der Waals surface area (Å²) in [6, 6.07) is 36.4. The van der Waals surface area contributed by atoms with Gasteiger partial charge in [-0.05, 0) is 42.7 Å². The van der Waals surface area contributed by atoms with Crippen molar-refractivity contribution < 1.29 is 4.42 Å². The lowest BCUT2D eigenvalue weighted by Crippen LogP contribution is -2.47. The van der Waals surface area contributed by atoms with Crippen molar-refractivity contribution in [1.29, 1.82) is 0 Å². The Bertz CT molecular complexity index is 983. The predicted octanol–water partition coefficient (Wildman–Crippen LogP) is 7.04. The molecular weight excluding hydrogens is 378 g/mol. The molecule has 0 radical (unpaired) electrons. The first kappa shape index (κ1) is 20.9. The van der Waals surface area contributed by atoms with Crippen LogP contribution in [0.3, 0.4) is 0 Å². The number of rotatable bonds is 8. The van der Waals surface area contributed by atoms with Gasteiger partial charge in [-0.1, -0.05) is 103 Å². The number of hydrogen-bond donors (Lipinski definition) is 0. The Kier molecular flexibility index (Phi) is 6.49. The topological polar surface area (TPSA) is 16.4 Å². The lowest BCUT2D eigenvalue weighted by molar-refractivity contribution is 0.153. The fraction of sp³-hybridized carbons (Fsp3) is 0.172. The molecule has 0 saturated heterocycles. The van der Waals surface area contributed by atoms with Gasteiger partial charge in [0.1, 0.15) is 5.76 Å². The highest BCUT2D eigenvalue weighted by Gasteiger charge is 2.42. The summed E-state index contributed by atoms with van der Waals surface area (Å²) >= 11 is 0. The minimum absolute atomic E-state index is 0.470. The van der Waals surface area contributed by atoms with E-state index in [1.165, 1.54) is 22.3 Å². The van der Waals surface area contributed by atoms with Crippen LogP contribution >= 0.6 is 0 Å². The van der Waals surface area contributed by atoms with Crippen LogP contribution in [0.2, 0.25) is 0 Å². The van der Waals surface area contributed by atoms with Gasteiger partial charge in [-0.25, -0.2) is 0 Å². The van der Waals surface area contributed by atoms with Crippen LogP contribution in [-0.4, -0.2) is 11.4 Å². The van der Waals surface area contributed by atoms with Crippen LogP contribution < -0.4 is 0 Å². The number of benzene rings is 3. The molecule has 1 aromatic heterocycles. The number of furan rings is 1. The number of hydrogen-bond acceptors (Lipinski definition) is 2. The second-order valence-corrected chi connectivity index (χ2v) is 8.05. The van der Waals surface area contributed by atoms with Crippen molar-refractivity contribution in [2.45, 2.75) is 25.9 Å². The summed E-state index contributed by atoms with van der Waals surface area (Å²) in [6.45, 7) is 5.79. The Morgan fingerprint density at radius 1 is 0.710 bits per heavy atom. The van der Waals surface area contributed by atoms with E-state index >= 15 is 0 Å². The molecule has 0 atom stereocenters. The maximum atomic E-state index is 5.81. The highest BCUT2D eigenvalue weighted by atomic mass is 16.3. The smallest absolute Gasteiger partial charge is 0.117 e. The summed E-state index contributed by atoms with van der Waals surface area (Å²) < 4.78 is 5.81. The third-order valence-corrected chi connectivity index (χ3v) is 5.70. The maximum Gasteiger partial charge on any atom is 0.117 e. The standard InChI is InChI=1S/C29H29NO/c1-24(2)20-21-30(23-28-19-12-22-31-28)29(25-13-6-3-7-14-25,26-15-8-4-9-16-26)27-17-10-5-11-18-27/h3-20,22H,21,23H2,1-2H3. The maximum absolute atomic E-state index is 5.81. The fourth-order valence-electron chi connectivity index (χ4n) is 4.29. The molecule has 0 aliphatic heterocycles. The van der Waals surface area contributed by atoms with Gasteiger partial charge >= 0.3 is 0 Å². The molecule has 0 aliphatic rings. The van der Waals surface area contributed by atoms with Crippen LogP contribution in [0.25, 0.3) is 0 Å². The van der Waals surface area contributed by atoms with Gasteiger partial charge in [0.2, 0.25) is 0 Å². The van der Waals surface area contributed by atoms with Crippen LogP contribution in [0.4, 0.5) is 0 Å². The molecule has 0 amide bonds. The highest BCUT2D eigenvalue weighted by molar-refractivity contribution is 5.49. The average molecular weight is 408 g/mol. The van der Waals surface area contributed by atoms with Crippen LogP contribution in [-0.2, 0) is 12.1 Å². The van der Waals surface area contributed by atoms with Crippen molar-refractivity contribution in [2.24, 2.45) is 0 Å². The molecule has 31 heavy (non-hydrogen) atoms. The van der Waals surface area contributed by atoms with Gasteiger partial charge < -0.3 is 4.42 Å². The Labute approximate surface area is 185 Å². The summed E-state index contributed by atoms with van der Waals surface area (Å²) in [7, 11) is 0. The van der Waals surface area contributed by atoms with Crippen LogP contribution in [0.15, 0.2) is 125 Å². The van der Waals surface area contributed by atoms with E-state index in [9.17, 15) is 0 Å². The monoisotopic (exact) mass is 407 g/mol. The van der Waals surface area contributed by atoms with Crippen molar-refractivity contribution in [3.05, 3.63) is 143 Å². The normalized spacial score (nSPS) is 11.5. The third-order valence-electron chi connectivity index (χ3n) is 5.70. The molecular formula is C29H29NO. The van der Waals surface area contributed by atoms with E-state index in [1.54, 1.807) is 6.26 Å². The summed E-state index contributed by atoms with van der Waals surface area (Å²) in [6.07, 6.45) is 4.05. The van der Waals surface area contributed by atoms with Gasteiger partial charge in [-0.3, -0.25) is 4.90 Å². The summed E-state index contributed by atoms with van der Waals surface area (Å²) in [5.74, 6) is 0.953. The Morgan fingerprint density at radius 2 is 1.19 bits per heavy atom. The molecule has 0 bridgehead atoms. The van der Waals surface area contributed by atoms with E-state index < -0.39 is 5.54 Å². The van der Waals surface area contributed by atoms with Crippen LogP contribution in [0, 0.1) is 0 Å². The molecule has 0 unspecified atom stereocenters. The van der Waals surface area contributed by atoms with Crippen LogP contribution in [0.1, 0.15) is 36.3 Å². The lowest BCUT2D eigenvalue weighted by atomic mass is 9.75. The molecule has 4 rings (SSSR count). The summed E-state index contributed by atoms with van der Waals surface area (Å²) in [5, 5.41) is 0. The first-order valence-electron chi connectivity index (χ1n) is 10.8. The van der Waals surface area contributed by atoms with Gasteiger partial charge in [0.25, 0.3) is 0 Å². The molecule has 3 aromatic carbocycles. The molecule has 4 aromatic rings.